The number of rotatable bonds is 8. The van der Waals surface area contributed by atoms with E-state index >= 15 is 0 Å². The fraction of sp³-hybridized carbons (Fsp3) is 0.160. The van der Waals surface area contributed by atoms with Crippen LogP contribution in [0.2, 0.25) is 0 Å². The van der Waals surface area contributed by atoms with Crippen molar-refractivity contribution in [3.05, 3.63) is 95.8 Å². The number of anilines is 1. The van der Waals surface area contributed by atoms with Crippen LogP contribution in [-0.4, -0.2) is 27.9 Å². The van der Waals surface area contributed by atoms with Crippen molar-refractivity contribution in [1.29, 1.82) is 0 Å². The molecule has 2 N–H and O–H groups in total. The number of hydrogen-bond acceptors (Lipinski definition) is 5. The van der Waals surface area contributed by atoms with Crippen molar-refractivity contribution in [3.8, 4) is 11.4 Å². The van der Waals surface area contributed by atoms with Crippen LogP contribution in [0.15, 0.2) is 84.0 Å². The Hall–Kier alpha value is -3.78. The van der Waals surface area contributed by atoms with Gasteiger partial charge < -0.3 is 15.4 Å². The number of methoxy groups -OCH3 is 1. The van der Waals surface area contributed by atoms with E-state index in [9.17, 15) is 4.79 Å². The Bertz CT molecular complexity index is 1190. The largest absolute Gasteiger partial charge is 0.497 e. The van der Waals surface area contributed by atoms with Crippen LogP contribution in [0.4, 0.5) is 10.5 Å². The predicted octanol–water partition coefficient (Wildman–Crippen LogP) is 5.20. The SMILES string of the molecule is COc1ccc(NC(=O)NCc2nnc(SCc3ccccc3)n2-c2ccc(C)cc2)cc1. The number of carbonyl (C=O) groups excluding carboxylic acids is 1. The molecule has 0 spiro atoms. The molecule has 0 saturated carbocycles. The first kappa shape index (κ1) is 22.4. The number of nitrogens with zero attached hydrogens (tertiary/aromatic N) is 3. The van der Waals surface area contributed by atoms with Crippen molar-refractivity contribution in [3.63, 3.8) is 0 Å². The molecule has 0 fully saturated rings. The van der Waals surface area contributed by atoms with E-state index in [1.165, 1.54) is 11.1 Å². The summed E-state index contributed by atoms with van der Waals surface area (Å²) in [4.78, 5) is 12.4. The maximum absolute atomic E-state index is 12.4. The van der Waals surface area contributed by atoms with Crippen molar-refractivity contribution in [1.82, 2.24) is 20.1 Å². The third-order valence-electron chi connectivity index (χ3n) is 4.96. The van der Waals surface area contributed by atoms with E-state index in [1.54, 1.807) is 43.1 Å². The molecule has 0 aliphatic heterocycles. The number of benzene rings is 3. The molecule has 4 aromatic rings. The summed E-state index contributed by atoms with van der Waals surface area (Å²) in [6.07, 6.45) is 0. The van der Waals surface area contributed by atoms with E-state index in [0.29, 0.717) is 11.5 Å². The number of aromatic nitrogens is 3. The second kappa shape index (κ2) is 10.7. The molecule has 0 bridgehead atoms. The molecule has 3 aromatic carbocycles. The molecule has 0 radical (unpaired) electrons. The highest BCUT2D eigenvalue weighted by Gasteiger charge is 2.15. The molecule has 1 heterocycles. The molecule has 7 nitrogen and oxygen atoms in total. The third-order valence-corrected chi connectivity index (χ3v) is 5.96. The van der Waals surface area contributed by atoms with Gasteiger partial charge in [-0.05, 0) is 48.9 Å². The molecule has 0 atom stereocenters. The summed E-state index contributed by atoms with van der Waals surface area (Å²) in [6, 6.07) is 25.2. The standard InChI is InChI=1S/C25H25N5O2S/c1-18-8-12-21(13-9-18)30-23(28-29-25(30)33-17-19-6-4-3-5-7-19)16-26-24(31)27-20-10-14-22(32-2)15-11-20/h3-15H,16-17H2,1-2H3,(H2,26,27,31). The average molecular weight is 460 g/mol. The zero-order valence-corrected chi connectivity index (χ0v) is 19.3. The number of thioether (sulfide) groups is 1. The first-order valence-electron chi connectivity index (χ1n) is 10.5. The predicted molar refractivity (Wildman–Crippen MR) is 131 cm³/mol. The van der Waals surface area contributed by atoms with Crippen molar-refractivity contribution in [2.75, 3.05) is 12.4 Å². The zero-order valence-electron chi connectivity index (χ0n) is 18.5. The van der Waals surface area contributed by atoms with Crippen LogP contribution in [0.3, 0.4) is 0 Å². The Balaban J connectivity index is 1.48. The zero-order chi connectivity index (χ0) is 23.0. The Kier molecular flexibility index (Phi) is 7.26. The molecule has 8 heteroatoms. The van der Waals surface area contributed by atoms with Gasteiger partial charge >= 0.3 is 6.03 Å². The molecule has 168 valence electrons. The van der Waals surface area contributed by atoms with Gasteiger partial charge in [-0.2, -0.15) is 0 Å². The van der Waals surface area contributed by atoms with Crippen molar-refractivity contribution >= 4 is 23.5 Å². The van der Waals surface area contributed by atoms with Gasteiger partial charge in [-0.25, -0.2) is 4.79 Å². The number of carbonyl (C=O) groups is 1. The number of aryl methyl sites for hydroxylation is 1. The molecule has 0 aliphatic carbocycles. The number of hydrogen-bond donors (Lipinski definition) is 2. The minimum Gasteiger partial charge on any atom is -0.497 e. The Morgan fingerprint density at radius 2 is 1.70 bits per heavy atom. The number of nitrogens with one attached hydrogen (secondary N) is 2. The summed E-state index contributed by atoms with van der Waals surface area (Å²) in [6.45, 7) is 2.28. The third kappa shape index (κ3) is 5.93. The summed E-state index contributed by atoms with van der Waals surface area (Å²) in [5, 5.41) is 15.2. The van der Waals surface area contributed by atoms with E-state index in [2.05, 4.69) is 45.1 Å². The lowest BCUT2D eigenvalue weighted by Crippen LogP contribution is -2.29. The maximum Gasteiger partial charge on any atom is 0.319 e. The smallest absolute Gasteiger partial charge is 0.319 e. The van der Waals surface area contributed by atoms with Gasteiger partial charge in [0.2, 0.25) is 0 Å². The summed E-state index contributed by atoms with van der Waals surface area (Å²) in [5.74, 6) is 2.16. The fourth-order valence-electron chi connectivity index (χ4n) is 3.19. The van der Waals surface area contributed by atoms with Gasteiger partial charge in [0.25, 0.3) is 0 Å². The van der Waals surface area contributed by atoms with E-state index in [0.717, 1.165) is 22.3 Å². The first-order valence-corrected chi connectivity index (χ1v) is 11.5. The van der Waals surface area contributed by atoms with Crippen LogP contribution < -0.4 is 15.4 Å². The Morgan fingerprint density at radius 1 is 0.970 bits per heavy atom. The molecular weight excluding hydrogens is 434 g/mol. The lowest BCUT2D eigenvalue weighted by Gasteiger charge is -2.12. The molecule has 0 saturated heterocycles. The van der Waals surface area contributed by atoms with Crippen LogP contribution in [0.5, 0.6) is 5.75 Å². The number of amides is 2. The Labute approximate surface area is 197 Å². The van der Waals surface area contributed by atoms with Crippen LogP contribution in [0, 0.1) is 6.92 Å². The summed E-state index contributed by atoms with van der Waals surface area (Å²) in [5.41, 5.74) is 4.00. The molecule has 4 rings (SSSR count). The maximum atomic E-state index is 12.4. The highest BCUT2D eigenvalue weighted by Crippen LogP contribution is 2.25. The van der Waals surface area contributed by atoms with Gasteiger partial charge in [0.1, 0.15) is 5.75 Å². The van der Waals surface area contributed by atoms with Crippen LogP contribution >= 0.6 is 11.8 Å². The topological polar surface area (TPSA) is 81.1 Å². The second-order valence-corrected chi connectivity index (χ2v) is 8.32. The van der Waals surface area contributed by atoms with Crippen LogP contribution in [0.25, 0.3) is 5.69 Å². The summed E-state index contributed by atoms with van der Waals surface area (Å²) in [7, 11) is 1.60. The van der Waals surface area contributed by atoms with Gasteiger partial charge in [-0.15, -0.1) is 10.2 Å². The van der Waals surface area contributed by atoms with Gasteiger partial charge in [0.05, 0.1) is 13.7 Å². The summed E-state index contributed by atoms with van der Waals surface area (Å²) >= 11 is 1.61. The van der Waals surface area contributed by atoms with Crippen molar-refractivity contribution in [2.45, 2.75) is 24.4 Å². The number of ether oxygens (including phenoxy) is 1. The lowest BCUT2D eigenvalue weighted by molar-refractivity contribution is 0.251. The normalized spacial score (nSPS) is 10.6. The molecular formula is C25H25N5O2S. The highest BCUT2D eigenvalue weighted by molar-refractivity contribution is 7.98. The molecule has 2 amide bonds. The lowest BCUT2D eigenvalue weighted by atomic mass is 10.2. The van der Waals surface area contributed by atoms with E-state index in [1.807, 2.05) is 41.8 Å². The van der Waals surface area contributed by atoms with E-state index in [-0.39, 0.29) is 12.6 Å². The van der Waals surface area contributed by atoms with Crippen LogP contribution in [0.1, 0.15) is 17.0 Å². The number of urea groups is 1. The van der Waals surface area contributed by atoms with Crippen molar-refractivity contribution in [2.24, 2.45) is 0 Å². The summed E-state index contributed by atoms with van der Waals surface area (Å²) < 4.78 is 7.13. The monoisotopic (exact) mass is 459 g/mol. The van der Waals surface area contributed by atoms with E-state index in [4.69, 9.17) is 4.74 Å². The van der Waals surface area contributed by atoms with Gasteiger partial charge in [-0.3, -0.25) is 4.57 Å². The second-order valence-electron chi connectivity index (χ2n) is 7.38. The van der Waals surface area contributed by atoms with Gasteiger partial charge in [0, 0.05) is 17.1 Å². The average Bonchev–Trinajstić information content (AvgIpc) is 3.26. The van der Waals surface area contributed by atoms with Crippen LogP contribution in [-0.2, 0) is 12.3 Å². The van der Waals surface area contributed by atoms with E-state index < -0.39 is 0 Å². The van der Waals surface area contributed by atoms with Gasteiger partial charge in [0.15, 0.2) is 11.0 Å². The quantitative estimate of drug-likeness (QED) is 0.354. The molecule has 1 aromatic heterocycles. The first-order chi connectivity index (χ1) is 16.1. The molecule has 0 aliphatic rings. The molecule has 33 heavy (non-hydrogen) atoms. The van der Waals surface area contributed by atoms with Gasteiger partial charge in [-0.1, -0.05) is 59.8 Å². The highest BCUT2D eigenvalue weighted by atomic mass is 32.2. The van der Waals surface area contributed by atoms with Crippen molar-refractivity contribution < 1.29 is 9.53 Å². The fourth-order valence-corrected chi connectivity index (χ4v) is 4.12. The Morgan fingerprint density at radius 3 is 2.39 bits per heavy atom. The minimum atomic E-state index is -0.322. The molecule has 0 unspecified atom stereocenters. The minimum absolute atomic E-state index is 0.231.